The van der Waals surface area contributed by atoms with Crippen LogP contribution in [-0.4, -0.2) is 38.8 Å². The molecule has 0 fully saturated rings. The van der Waals surface area contributed by atoms with Crippen molar-refractivity contribution in [2.24, 2.45) is 0 Å². The summed E-state index contributed by atoms with van der Waals surface area (Å²) in [5.41, 5.74) is 4.48. The number of carbonyl (C=O) groups is 1. The molecule has 1 N–H and O–H groups in total. The van der Waals surface area contributed by atoms with Gasteiger partial charge >= 0.3 is 0 Å². The number of rotatable bonds is 3. The molecule has 0 saturated carbocycles. The van der Waals surface area contributed by atoms with Crippen molar-refractivity contribution in [1.82, 2.24) is 19.9 Å². The van der Waals surface area contributed by atoms with Crippen molar-refractivity contribution >= 4 is 5.91 Å². The first-order valence-electron chi connectivity index (χ1n) is 7.43. The van der Waals surface area contributed by atoms with Crippen LogP contribution in [0.15, 0.2) is 24.7 Å². The summed E-state index contributed by atoms with van der Waals surface area (Å²) in [6.45, 7) is 3.54. The molecule has 0 atom stereocenters. The Hall–Kier alpha value is -2.17. The highest BCUT2D eigenvalue weighted by Gasteiger charge is 2.20. The van der Waals surface area contributed by atoms with Crippen molar-refractivity contribution < 1.29 is 4.79 Å². The van der Waals surface area contributed by atoms with E-state index in [0.29, 0.717) is 6.42 Å². The molecule has 0 aromatic carbocycles. The first-order chi connectivity index (χ1) is 10.2. The molecule has 2 aromatic rings. The maximum Gasteiger partial charge on any atom is 0.222 e. The molecule has 0 saturated heterocycles. The first-order valence-corrected chi connectivity index (χ1v) is 7.43. The van der Waals surface area contributed by atoms with Crippen molar-refractivity contribution in [3.8, 4) is 0 Å². The highest BCUT2D eigenvalue weighted by atomic mass is 16.2. The summed E-state index contributed by atoms with van der Waals surface area (Å²) in [4.78, 5) is 26.1. The second-order valence-corrected chi connectivity index (χ2v) is 5.46. The number of hydrogen-bond donors (Lipinski definition) is 1. The zero-order valence-corrected chi connectivity index (χ0v) is 12.3. The number of amides is 1. The van der Waals surface area contributed by atoms with Gasteiger partial charge in [0.15, 0.2) is 0 Å². The number of aromatic amines is 1. The van der Waals surface area contributed by atoms with Gasteiger partial charge in [0, 0.05) is 49.2 Å². The third-order valence-electron chi connectivity index (χ3n) is 4.12. The van der Waals surface area contributed by atoms with E-state index in [0.717, 1.165) is 49.4 Å². The Labute approximate surface area is 124 Å². The van der Waals surface area contributed by atoms with E-state index >= 15 is 0 Å². The van der Waals surface area contributed by atoms with E-state index in [-0.39, 0.29) is 5.91 Å². The summed E-state index contributed by atoms with van der Waals surface area (Å²) >= 11 is 0. The third kappa shape index (κ3) is 3.12. The number of nitrogens with zero attached hydrogens (tertiary/aromatic N) is 3. The van der Waals surface area contributed by atoms with Gasteiger partial charge in [-0.3, -0.25) is 4.79 Å². The summed E-state index contributed by atoms with van der Waals surface area (Å²) in [5.74, 6) is 0.225. The van der Waals surface area contributed by atoms with Crippen molar-refractivity contribution in [1.29, 1.82) is 0 Å². The average Bonchev–Trinajstić information content (AvgIpc) is 2.90. The molecule has 2 aromatic heterocycles. The van der Waals surface area contributed by atoms with Gasteiger partial charge < -0.3 is 9.88 Å². The normalized spacial score (nSPS) is 14.6. The van der Waals surface area contributed by atoms with Gasteiger partial charge in [-0.2, -0.15) is 0 Å². The van der Waals surface area contributed by atoms with Crippen LogP contribution in [0.1, 0.15) is 29.1 Å². The molecule has 0 radical (unpaired) electrons. The van der Waals surface area contributed by atoms with Gasteiger partial charge in [-0.25, -0.2) is 9.97 Å². The molecule has 3 rings (SSSR count). The average molecular weight is 284 g/mol. The zero-order valence-electron chi connectivity index (χ0n) is 12.3. The third-order valence-corrected chi connectivity index (χ3v) is 4.12. The van der Waals surface area contributed by atoms with Crippen LogP contribution in [0.3, 0.4) is 0 Å². The number of aromatic nitrogens is 3. The highest BCUT2D eigenvalue weighted by molar-refractivity contribution is 5.76. The fourth-order valence-corrected chi connectivity index (χ4v) is 2.86. The molecule has 0 bridgehead atoms. The number of carbonyl (C=O) groups excluding carboxylic acids is 1. The molecule has 110 valence electrons. The molecule has 21 heavy (non-hydrogen) atoms. The summed E-state index contributed by atoms with van der Waals surface area (Å²) in [6.07, 6.45) is 6.53. The van der Waals surface area contributed by atoms with Crippen molar-refractivity contribution in [3.63, 3.8) is 0 Å². The Morgan fingerprint density at radius 1 is 1.33 bits per heavy atom. The van der Waals surface area contributed by atoms with E-state index in [9.17, 15) is 4.79 Å². The fraction of sp³-hybridized carbons (Fsp3) is 0.438. The van der Waals surface area contributed by atoms with Crippen LogP contribution in [0.25, 0.3) is 0 Å². The minimum atomic E-state index is 0.225. The molecule has 1 amide bonds. The molecule has 1 aliphatic rings. The van der Waals surface area contributed by atoms with E-state index in [2.05, 4.69) is 15.0 Å². The van der Waals surface area contributed by atoms with Crippen LogP contribution < -0.4 is 0 Å². The molecule has 3 heterocycles. The quantitative estimate of drug-likeness (QED) is 0.932. The molecule has 0 spiro atoms. The Morgan fingerprint density at radius 3 is 3.00 bits per heavy atom. The molecule has 0 unspecified atom stereocenters. The Balaban J connectivity index is 1.61. The number of hydrogen-bond acceptors (Lipinski definition) is 3. The van der Waals surface area contributed by atoms with Gasteiger partial charge in [0.05, 0.1) is 0 Å². The molecule has 1 aliphatic heterocycles. The van der Waals surface area contributed by atoms with Crippen LogP contribution in [0.5, 0.6) is 0 Å². The van der Waals surface area contributed by atoms with Gasteiger partial charge in [0.2, 0.25) is 5.91 Å². The summed E-state index contributed by atoms with van der Waals surface area (Å²) in [5, 5.41) is 0. The Bertz CT molecular complexity index is 621. The van der Waals surface area contributed by atoms with Crippen LogP contribution in [0.4, 0.5) is 0 Å². The van der Waals surface area contributed by atoms with E-state index in [1.165, 1.54) is 5.56 Å². The number of fused-ring (bicyclic) bond motifs is 1. The Morgan fingerprint density at radius 2 is 2.19 bits per heavy atom. The monoisotopic (exact) mass is 284 g/mol. The fourth-order valence-electron chi connectivity index (χ4n) is 2.86. The molecule has 0 aliphatic carbocycles. The van der Waals surface area contributed by atoms with Crippen LogP contribution >= 0.6 is 0 Å². The molecule has 5 heteroatoms. The van der Waals surface area contributed by atoms with Gasteiger partial charge in [-0.05, 0) is 37.5 Å². The topological polar surface area (TPSA) is 61.9 Å². The predicted molar refractivity (Wildman–Crippen MR) is 79.9 cm³/mol. The van der Waals surface area contributed by atoms with E-state index in [4.69, 9.17) is 0 Å². The highest BCUT2D eigenvalue weighted by Crippen LogP contribution is 2.16. The first kappa shape index (κ1) is 13.8. The summed E-state index contributed by atoms with van der Waals surface area (Å²) in [6, 6.07) is 3.98. The predicted octanol–water partition coefficient (Wildman–Crippen LogP) is 1.67. The van der Waals surface area contributed by atoms with Gasteiger partial charge in [0.1, 0.15) is 6.33 Å². The van der Waals surface area contributed by atoms with E-state index < -0.39 is 0 Å². The summed E-state index contributed by atoms with van der Waals surface area (Å²) < 4.78 is 0. The van der Waals surface area contributed by atoms with Crippen molar-refractivity contribution in [2.45, 2.75) is 32.6 Å². The second-order valence-electron chi connectivity index (χ2n) is 5.46. The minimum absolute atomic E-state index is 0.225. The maximum absolute atomic E-state index is 12.4. The smallest absolute Gasteiger partial charge is 0.222 e. The minimum Gasteiger partial charge on any atom is -0.365 e. The number of H-pyrrole nitrogens is 1. The Kier molecular flexibility index (Phi) is 3.99. The lowest BCUT2D eigenvalue weighted by atomic mass is 10.1. The lowest BCUT2D eigenvalue weighted by Crippen LogP contribution is -2.33. The SMILES string of the molecule is Cc1ncnc2c1CCN(C(=O)CCc1ccc[nH]1)CC2. The zero-order chi connectivity index (χ0) is 14.7. The number of nitrogens with one attached hydrogen (secondary N) is 1. The van der Waals surface area contributed by atoms with Crippen LogP contribution in [0, 0.1) is 6.92 Å². The van der Waals surface area contributed by atoms with Crippen molar-refractivity contribution in [2.75, 3.05) is 13.1 Å². The number of aryl methyl sites for hydroxylation is 2. The van der Waals surface area contributed by atoms with Gasteiger partial charge in [-0.15, -0.1) is 0 Å². The van der Waals surface area contributed by atoms with Crippen LogP contribution in [-0.2, 0) is 24.1 Å². The van der Waals surface area contributed by atoms with E-state index in [1.807, 2.05) is 30.2 Å². The lowest BCUT2D eigenvalue weighted by molar-refractivity contribution is -0.131. The van der Waals surface area contributed by atoms with Crippen molar-refractivity contribution in [3.05, 3.63) is 47.3 Å². The standard InChI is InChI=1S/C16H20N4O/c1-12-14-6-9-20(10-7-15(14)19-11-18-12)16(21)5-4-13-3-2-8-17-13/h2-3,8,11,17H,4-7,9-10H2,1H3. The lowest BCUT2D eigenvalue weighted by Gasteiger charge is -2.20. The summed E-state index contributed by atoms with van der Waals surface area (Å²) in [7, 11) is 0. The molecular formula is C16H20N4O. The molecular weight excluding hydrogens is 264 g/mol. The van der Waals surface area contributed by atoms with Gasteiger partial charge in [0.25, 0.3) is 0 Å². The van der Waals surface area contributed by atoms with Crippen LogP contribution in [0.2, 0.25) is 0 Å². The van der Waals surface area contributed by atoms with E-state index in [1.54, 1.807) is 6.33 Å². The largest absolute Gasteiger partial charge is 0.365 e. The second kappa shape index (κ2) is 6.08. The maximum atomic E-state index is 12.4. The van der Waals surface area contributed by atoms with Gasteiger partial charge in [-0.1, -0.05) is 0 Å². The molecule has 5 nitrogen and oxygen atoms in total.